The Balaban J connectivity index is 2.07. The topological polar surface area (TPSA) is 64.4 Å². The lowest BCUT2D eigenvalue weighted by atomic mass is 9.92. The SMILES string of the molecule is Cc1ccccc1C(NC(=O)[C@@H]1CC[C@H](CN)O1)C(C)C. The average Bonchev–Trinajstić information content (AvgIpc) is 2.94. The number of aryl methyl sites for hydroxylation is 1. The Morgan fingerprint density at radius 3 is 2.67 bits per heavy atom. The van der Waals surface area contributed by atoms with Crippen LogP contribution in [0.15, 0.2) is 24.3 Å². The van der Waals surface area contributed by atoms with Gasteiger partial charge in [-0.05, 0) is 36.8 Å². The molecule has 1 heterocycles. The fourth-order valence-corrected chi connectivity index (χ4v) is 2.86. The summed E-state index contributed by atoms with van der Waals surface area (Å²) in [5.74, 6) is 0.301. The minimum Gasteiger partial charge on any atom is -0.364 e. The van der Waals surface area contributed by atoms with E-state index in [9.17, 15) is 4.79 Å². The maximum Gasteiger partial charge on any atom is 0.249 e. The van der Waals surface area contributed by atoms with Crippen molar-refractivity contribution in [2.24, 2.45) is 11.7 Å². The fraction of sp³-hybridized carbons (Fsp3) is 0.588. The molecule has 1 aliphatic rings. The van der Waals surface area contributed by atoms with Crippen LogP contribution in [-0.2, 0) is 9.53 Å². The standard InChI is InChI=1S/C17H26N2O2/c1-11(2)16(14-7-5-4-6-12(14)3)19-17(20)15-9-8-13(10-18)21-15/h4-7,11,13,15-16H,8-10,18H2,1-3H3,(H,19,20)/t13-,15+,16?/m1/s1. The van der Waals surface area contributed by atoms with Gasteiger partial charge < -0.3 is 15.8 Å². The molecule has 0 spiro atoms. The predicted octanol–water partition coefficient (Wildman–Crippen LogP) is 2.31. The van der Waals surface area contributed by atoms with E-state index in [1.54, 1.807) is 0 Å². The molecule has 4 nitrogen and oxygen atoms in total. The second-order valence-corrected chi connectivity index (χ2v) is 6.15. The average molecular weight is 290 g/mol. The summed E-state index contributed by atoms with van der Waals surface area (Å²) in [5.41, 5.74) is 7.97. The summed E-state index contributed by atoms with van der Waals surface area (Å²) in [6, 6.07) is 8.20. The van der Waals surface area contributed by atoms with Gasteiger partial charge in [0.15, 0.2) is 0 Å². The van der Waals surface area contributed by atoms with Crippen molar-refractivity contribution in [3.05, 3.63) is 35.4 Å². The highest BCUT2D eigenvalue weighted by Crippen LogP contribution is 2.26. The first kappa shape index (κ1) is 16.0. The molecule has 116 valence electrons. The zero-order valence-electron chi connectivity index (χ0n) is 13.1. The van der Waals surface area contributed by atoms with Crippen molar-refractivity contribution in [3.8, 4) is 0 Å². The Morgan fingerprint density at radius 1 is 1.38 bits per heavy atom. The lowest BCUT2D eigenvalue weighted by molar-refractivity contribution is -0.133. The second kappa shape index (κ2) is 7.05. The van der Waals surface area contributed by atoms with Crippen LogP contribution in [0.4, 0.5) is 0 Å². The van der Waals surface area contributed by atoms with Crippen molar-refractivity contribution >= 4 is 5.91 Å². The largest absolute Gasteiger partial charge is 0.364 e. The molecule has 3 N–H and O–H groups in total. The summed E-state index contributed by atoms with van der Waals surface area (Å²) < 4.78 is 5.68. The summed E-state index contributed by atoms with van der Waals surface area (Å²) in [5, 5.41) is 3.16. The molecule has 21 heavy (non-hydrogen) atoms. The van der Waals surface area contributed by atoms with Gasteiger partial charge in [-0.15, -0.1) is 0 Å². The normalized spacial score (nSPS) is 23.3. The van der Waals surface area contributed by atoms with E-state index in [0.717, 1.165) is 12.8 Å². The van der Waals surface area contributed by atoms with E-state index in [1.165, 1.54) is 11.1 Å². The molecule has 0 saturated carbocycles. The van der Waals surface area contributed by atoms with Crippen LogP contribution in [0.2, 0.25) is 0 Å². The summed E-state index contributed by atoms with van der Waals surface area (Å²) >= 11 is 0. The Bertz CT molecular complexity index is 487. The molecule has 1 amide bonds. The number of nitrogens with one attached hydrogen (secondary N) is 1. The zero-order chi connectivity index (χ0) is 15.4. The maximum absolute atomic E-state index is 12.4. The highest BCUT2D eigenvalue weighted by atomic mass is 16.5. The van der Waals surface area contributed by atoms with Crippen LogP contribution >= 0.6 is 0 Å². The zero-order valence-corrected chi connectivity index (χ0v) is 13.1. The van der Waals surface area contributed by atoms with Crippen molar-refractivity contribution in [2.45, 2.75) is 51.9 Å². The molecule has 4 heteroatoms. The molecule has 0 aromatic heterocycles. The van der Waals surface area contributed by atoms with Gasteiger partial charge in [0.05, 0.1) is 12.1 Å². The van der Waals surface area contributed by atoms with Gasteiger partial charge >= 0.3 is 0 Å². The minimum atomic E-state index is -0.358. The molecular weight excluding hydrogens is 264 g/mol. The van der Waals surface area contributed by atoms with Crippen LogP contribution in [-0.4, -0.2) is 24.7 Å². The molecule has 1 fully saturated rings. The van der Waals surface area contributed by atoms with Gasteiger partial charge in [0, 0.05) is 6.54 Å². The molecule has 1 aromatic rings. The van der Waals surface area contributed by atoms with Crippen molar-refractivity contribution in [1.29, 1.82) is 0 Å². The Kier molecular flexibility index (Phi) is 5.37. The molecule has 0 bridgehead atoms. The lowest BCUT2D eigenvalue weighted by Crippen LogP contribution is -2.39. The molecular formula is C17H26N2O2. The van der Waals surface area contributed by atoms with Crippen LogP contribution in [0, 0.1) is 12.8 Å². The molecule has 1 unspecified atom stereocenters. The van der Waals surface area contributed by atoms with E-state index in [-0.39, 0.29) is 24.2 Å². The number of nitrogens with two attached hydrogens (primary N) is 1. The third kappa shape index (κ3) is 3.83. The first-order chi connectivity index (χ1) is 10.0. The Morgan fingerprint density at radius 2 is 2.10 bits per heavy atom. The summed E-state index contributed by atoms with van der Waals surface area (Å²) in [4.78, 5) is 12.4. The van der Waals surface area contributed by atoms with Crippen LogP contribution in [0.1, 0.15) is 43.9 Å². The number of ether oxygens (including phenoxy) is 1. The highest BCUT2D eigenvalue weighted by Gasteiger charge is 2.31. The van der Waals surface area contributed by atoms with Crippen molar-refractivity contribution in [1.82, 2.24) is 5.32 Å². The molecule has 2 rings (SSSR count). The number of amides is 1. The van der Waals surface area contributed by atoms with E-state index >= 15 is 0 Å². The fourth-order valence-electron chi connectivity index (χ4n) is 2.86. The summed E-state index contributed by atoms with van der Waals surface area (Å²) in [6.45, 7) is 6.80. The Hall–Kier alpha value is -1.39. The third-order valence-electron chi connectivity index (χ3n) is 4.15. The summed E-state index contributed by atoms with van der Waals surface area (Å²) in [6.07, 6.45) is 1.29. The maximum atomic E-state index is 12.4. The lowest BCUT2D eigenvalue weighted by Gasteiger charge is -2.26. The number of hydrogen-bond acceptors (Lipinski definition) is 3. The molecule has 1 saturated heterocycles. The number of carbonyl (C=O) groups is 1. The van der Waals surface area contributed by atoms with Crippen molar-refractivity contribution in [2.75, 3.05) is 6.54 Å². The van der Waals surface area contributed by atoms with Gasteiger partial charge in [-0.3, -0.25) is 4.79 Å². The predicted molar refractivity (Wildman–Crippen MR) is 83.9 cm³/mol. The van der Waals surface area contributed by atoms with Crippen LogP contribution < -0.4 is 11.1 Å². The van der Waals surface area contributed by atoms with E-state index in [2.05, 4.69) is 38.2 Å². The smallest absolute Gasteiger partial charge is 0.249 e. The monoisotopic (exact) mass is 290 g/mol. The number of carbonyl (C=O) groups excluding carboxylic acids is 1. The number of rotatable bonds is 5. The molecule has 1 aromatic carbocycles. The van der Waals surface area contributed by atoms with Gasteiger partial charge in [0.25, 0.3) is 0 Å². The first-order valence-corrected chi connectivity index (χ1v) is 7.74. The van der Waals surface area contributed by atoms with Gasteiger partial charge in [-0.1, -0.05) is 38.1 Å². The van der Waals surface area contributed by atoms with E-state index in [4.69, 9.17) is 10.5 Å². The van der Waals surface area contributed by atoms with Crippen LogP contribution in [0.25, 0.3) is 0 Å². The number of benzene rings is 1. The first-order valence-electron chi connectivity index (χ1n) is 7.74. The summed E-state index contributed by atoms with van der Waals surface area (Å²) in [7, 11) is 0. The van der Waals surface area contributed by atoms with Crippen LogP contribution in [0.5, 0.6) is 0 Å². The van der Waals surface area contributed by atoms with E-state index in [0.29, 0.717) is 12.5 Å². The molecule has 3 atom stereocenters. The van der Waals surface area contributed by atoms with E-state index in [1.807, 2.05) is 12.1 Å². The molecule has 1 aliphatic heterocycles. The van der Waals surface area contributed by atoms with Gasteiger partial charge in [0.2, 0.25) is 5.91 Å². The number of hydrogen-bond donors (Lipinski definition) is 2. The molecule has 0 aliphatic carbocycles. The molecule has 0 radical (unpaired) electrons. The van der Waals surface area contributed by atoms with Gasteiger partial charge in [-0.25, -0.2) is 0 Å². The van der Waals surface area contributed by atoms with Crippen molar-refractivity contribution < 1.29 is 9.53 Å². The van der Waals surface area contributed by atoms with Gasteiger partial charge in [-0.2, -0.15) is 0 Å². The Labute approximate surface area is 127 Å². The van der Waals surface area contributed by atoms with E-state index < -0.39 is 0 Å². The highest BCUT2D eigenvalue weighted by molar-refractivity contribution is 5.81. The van der Waals surface area contributed by atoms with Gasteiger partial charge in [0.1, 0.15) is 6.10 Å². The second-order valence-electron chi connectivity index (χ2n) is 6.15. The van der Waals surface area contributed by atoms with Crippen LogP contribution in [0.3, 0.4) is 0 Å². The van der Waals surface area contributed by atoms with Crippen molar-refractivity contribution in [3.63, 3.8) is 0 Å². The minimum absolute atomic E-state index is 0.0132. The third-order valence-corrected chi connectivity index (χ3v) is 4.15. The quantitative estimate of drug-likeness (QED) is 0.874.